The first kappa shape index (κ1) is 34.9. The van der Waals surface area contributed by atoms with Gasteiger partial charge in [-0.3, -0.25) is 4.79 Å². The van der Waals surface area contributed by atoms with Crippen molar-refractivity contribution in [2.24, 2.45) is 11.8 Å². The first-order valence-electron chi connectivity index (χ1n) is 17.4. The fraction of sp³-hybridized carbons (Fsp3) is 0.500. The second kappa shape index (κ2) is 18.2. The Bertz CT molecular complexity index is 1520. The standard InChI is InChI=1S/C40H52N4O2/c1-5-14-35(45)24-23-31(25-26-41)28-44(27-6-2)39-37(22-11-9-17-33-19-13-18-32-16-8-10-21-36(32)33)38(7-3)42-40(43-39)46-29-34-20-12-15-30(34)4/h5,8,10,13-14,16,18-19,21,31,34H,4,6-7,9,11-12,15,17,20,22-25,27-29H2,1-3H3/b14-5+/t31?,34-/m0/s1. The molecule has 4 rings (SSSR count). The van der Waals surface area contributed by atoms with Gasteiger partial charge in [-0.2, -0.15) is 15.2 Å². The fourth-order valence-corrected chi connectivity index (χ4v) is 6.73. The van der Waals surface area contributed by atoms with Crippen LogP contribution in [0.1, 0.15) is 95.4 Å². The molecule has 1 unspecified atom stereocenters. The van der Waals surface area contributed by atoms with E-state index < -0.39 is 0 Å². The summed E-state index contributed by atoms with van der Waals surface area (Å²) in [7, 11) is 0. The molecule has 0 amide bonds. The third kappa shape index (κ3) is 9.76. The van der Waals surface area contributed by atoms with Gasteiger partial charge in [0, 0.05) is 37.4 Å². The van der Waals surface area contributed by atoms with Crippen LogP contribution in [0.15, 0.2) is 66.8 Å². The molecule has 0 bridgehead atoms. The van der Waals surface area contributed by atoms with Crippen LogP contribution in [0.4, 0.5) is 5.82 Å². The van der Waals surface area contributed by atoms with Crippen LogP contribution in [-0.4, -0.2) is 35.4 Å². The van der Waals surface area contributed by atoms with Gasteiger partial charge in [0.25, 0.3) is 0 Å². The Morgan fingerprint density at radius 2 is 1.96 bits per heavy atom. The lowest BCUT2D eigenvalue weighted by atomic mass is 9.96. The minimum absolute atomic E-state index is 0.0659. The summed E-state index contributed by atoms with van der Waals surface area (Å²) < 4.78 is 6.30. The van der Waals surface area contributed by atoms with Gasteiger partial charge in [-0.05, 0) is 99.5 Å². The van der Waals surface area contributed by atoms with Crippen molar-refractivity contribution in [2.75, 3.05) is 24.6 Å². The number of allylic oxidation sites excluding steroid dienone is 2. The zero-order valence-corrected chi connectivity index (χ0v) is 28.3. The molecule has 3 aromatic rings. The molecule has 1 saturated carbocycles. The van der Waals surface area contributed by atoms with Crippen molar-refractivity contribution in [2.45, 2.75) is 97.8 Å². The highest BCUT2D eigenvalue weighted by atomic mass is 16.5. The summed E-state index contributed by atoms with van der Waals surface area (Å²) in [5.41, 5.74) is 4.88. The summed E-state index contributed by atoms with van der Waals surface area (Å²) >= 11 is 0. The average Bonchev–Trinajstić information content (AvgIpc) is 3.48. The third-order valence-electron chi connectivity index (χ3n) is 9.23. The van der Waals surface area contributed by atoms with E-state index in [1.54, 1.807) is 12.2 Å². The lowest BCUT2D eigenvalue weighted by molar-refractivity contribution is -0.114. The molecular formula is C40H52N4O2. The number of rotatable bonds is 19. The minimum Gasteiger partial charge on any atom is -0.463 e. The Kier molecular flexibility index (Phi) is 13.8. The first-order chi connectivity index (χ1) is 22.5. The average molecular weight is 621 g/mol. The SMILES string of the molecule is C=C1CCC[C@H]1COc1nc(CC)c(CCCCc2cccc3ccccc23)c(N(CCC)CC(CC#N)CCC(=O)/C=C/C)n1. The van der Waals surface area contributed by atoms with Crippen molar-refractivity contribution in [3.8, 4) is 12.1 Å². The van der Waals surface area contributed by atoms with Crippen LogP contribution in [0.5, 0.6) is 6.01 Å². The van der Waals surface area contributed by atoms with Crippen LogP contribution in [0.3, 0.4) is 0 Å². The lowest BCUT2D eigenvalue weighted by Gasteiger charge is -2.30. The van der Waals surface area contributed by atoms with Crippen molar-refractivity contribution in [3.05, 3.63) is 83.6 Å². The molecule has 1 aliphatic carbocycles. The van der Waals surface area contributed by atoms with Crippen LogP contribution in [0, 0.1) is 23.2 Å². The van der Waals surface area contributed by atoms with Crippen LogP contribution >= 0.6 is 0 Å². The summed E-state index contributed by atoms with van der Waals surface area (Å²) in [6, 6.07) is 18.0. The third-order valence-corrected chi connectivity index (χ3v) is 9.23. The molecule has 6 heteroatoms. The van der Waals surface area contributed by atoms with E-state index in [2.05, 4.69) is 73.9 Å². The number of ether oxygens (including phenoxy) is 1. The number of unbranched alkanes of at least 4 members (excludes halogenated alkanes) is 1. The van der Waals surface area contributed by atoms with Gasteiger partial charge in [0.2, 0.25) is 0 Å². The largest absolute Gasteiger partial charge is 0.463 e. The van der Waals surface area contributed by atoms with Gasteiger partial charge < -0.3 is 9.64 Å². The van der Waals surface area contributed by atoms with E-state index in [-0.39, 0.29) is 11.7 Å². The van der Waals surface area contributed by atoms with Crippen LogP contribution in [0.25, 0.3) is 10.8 Å². The molecule has 244 valence electrons. The second-order valence-corrected chi connectivity index (χ2v) is 12.7. The second-order valence-electron chi connectivity index (χ2n) is 12.7. The maximum Gasteiger partial charge on any atom is 0.318 e. The highest BCUT2D eigenvalue weighted by Gasteiger charge is 2.24. The highest BCUT2D eigenvalue weighted by Crippen LogP contribution is 2.32. The summed E-state index contributed by atoms with van der Waals surface area (Å²) in [6.07, 6.45) is 14.0. The van der Waals surface area contributed by atoms with Crippen molar-refractivity contribution in [3.63, 3.8) is 0 Å². The maximum absolute atomic E-state index is 12.3. The van der Waals surface area contributed by atoms with Crippen LogP contribution < -0.4 is 9.64 Å². The Balaban J connectivity index is 1.59. The number of aryl methyl sites for hydroxylation is 2. The molecule has 2 atom stereocenters. The van der Waals surface area contributed by atoms with Crippen molar-refractivity contribution in [1.29, 1.82) is 5.26 Å². The Morgan fingerprint density at radius 3 is 2.70 bits per heavy atom. The number of ketones is 1. The summed E-state index contributed by atoms with van der Waals surface area (Å²) in [6.45, 7) is 12.5. The number of hydrogen-bond donors (Lipinski definition) is 0. The molecule has 6 nitrogen and oxygen atoms in total. The molecule has 0 saturated heterocycles. The predicted octanol–water partition coefficient (Wildman–Crippen LogP) is 9.16. The molecule has 1 heterocycles. The van der Waals surface area contributed by atoms with E-state index in [0.29, 0.717) is 44.3 Å². The number of nitriles is 1. The molecule has 1 fully saturated rings. The normalized spacial score (nSPS) is 15.3. The van der Waals surface area contributed by atoms with Crippen molar-refractivity contribution in [1.82, 2.24) is 9.97 Å². The van der Waals surface area contributed by atoms with Gasteiger partial charge in [0.05, 0.1) is 18.4 Å². The predicted molar refractivity (Wildman–Crippen MR) is 189 cm³/mol. The summed E-state index contributed by atoms with van der Waals surface area (Å²) in [4.78, 5) is 24.7. The van der Waals surface area contributed by atoms with E-state index in [9.17, 15) is 10.1 Å². The molecule has 46 heavy (non-hydrogen) atoms. The number of carbonyl (C=O) groups is 1. The number of hydrogen-bond acceptors (Lipinski definition) is 6. The number of aromatic nitrogens is 2. The maximum atomic E-state index is 12.3. The van der Waals surface area contributed by atoms with Crippen molar-refractivity contribution < 1.29 is 9.53 Å². The summed E-state index contributed by atoms with van der Waals surface area (Å²) in [5.74, 6) is 1.46. The number of carbonyl (C=O) groups excluding carboxylic acids is 1. The molecule has 0 radical (unpaired) electrons. The topological polar surface area (TPSA) is 79.1 Å². The minimum atomic E-state index is 0.0659. The quantitative estimate of drug-likeness (QED) is 0.0755. The summed E-state index contributed by atoms with van der Waals surface area (Å²) in [5, 5.41) is 12.3. The van der Waals surface area contributed by atoms with Crippen molar-refractivity contribution >= 4 is 22.4 Å². The Morgan fingerprint density at radius 1 is 1.15 bits per heavy atom. The van der Waals surface area contributed by atoms with E-state index in [1.165, 1.54) is 27.5 Å². The molecule has 0 N–H and O–H groups in total. The van der Waals surface area contributed by atoms with E-state index in [0.717, 1.165) is 75.8 Å². The molecular weight excluding hydrogens is 568 g/mol. The number of benzene rings is 2. The number of nitrogens with zero attached hydrogens (tertiary/aromatic N) is 4. The first-order valence-corrected chi connectivity index (χ1v) is 17.4. The lowest BCUT2D eigenvalue weighted by Crippen LogP contribution is -2.33. The van der Waals surface area contributed by atoms with Gasteiger partial charge in [0.15, 0.2) is 5.78 Å². The zero-order chi connectivity index (χ0) is 32.7. The fourth-order valence-electron chi connectivity index (χ4n) is 6.73. The van der Waals surface area contributed by atoms with Gasteiger partial charge in [-0.25, -0.2) is 0 Å². The number of fused-ring (bicyclic) bond motifs is 1. The van der Waals surface area contributed by atoms with Gasteiger partial charge in [0.1, 0.15) is 5.82 Å². The zero-order valence-electron chi connectivity index (χ0n) is 28.3. The molecule has 0 spiro atoms. The smallest absolute Gasteiger partial charge is 0.318 e. The molecule has 2 aromatic carbocycles. The van der Waals surface area contributed by atoms with Gasteiger partial charge in [-0.1, -0.05) is 74.5 Å². The van der Waals surface area contributed by atoms with E-state index in [4.69, 9.17) is 14.7 Å². The van der Waals surface area contributed by atoms with Gasteiger partial charge in [-0.15, -0.1) is 0 Å². The molecule has 1 aromatic heterocycles. The van der Waals surface area contributed by atoms with E-state index >= 15 is 0 Å². The number of anilines is 1. The van der Waals surface area contributed by atoms with Crippen LogP contribution in [0.2, 0.25) is 0 Å². The molecule has 0 aliphatic heterocycles. The monoisotopic (exact) mass is 620 g/mol. The van der Waals surface area contributed by atoms with Gasteiger partial charge >= 0.3 is 6.01 Å². The highest BCUT2D eigenvalue weighted by molar-refractivity contribution is 5.89. The van der Waals surface area contributed by atoms with Crippen LogP contribution in [-0.2, 0) is 24.1 Å². The molecule has 1 aliphatic rings. The Hall–Kier alpha value is -3.98. The Labute approximate surface area is 276 Å². The van der Waals surface area contributed by atoms with E-state index in [1.807, 2.05) is 6.92 Å².